The number of nitriles is 1. The van der Waals surface area contributed by atoms with Crippen LogP contribution in [-0.4, -0.2) is 32.7 Å². The minimum absolute atomic E-state index is 0.155. The standard InChI is InChI=1S/C20H17ClN2O5/c1-26-18-10-13(9-14(11-22)20(25)27-2)7-8-17(18)28-12-19(24)23-16-6-4-3-5-15(16)21/h3-10H,12H2,1-2H3,(H,23,24)/b14-9+. The number of esters is 1. The Kier molecular flexibility index (Phi) is 7.43. The largest absolute Gasteiger partial charge is 0.493 e. The number of carbonyl (C=O) groups excluding carboxylic acids is 2. The van der Waals surface area contributed by atoms with Crippen molar-refractivity contribution in [1.82, 2.24) is 0 Å². The highest BCUT2D eigenvalue weighted by Crippen LogP contribution is 2.29. The third-order valence-electron chi connectivity index (χ3n) is 3.53. The highest BCUT2D eigenvalue weighted by Gasteiger charge is 2.12. The zero-order valence-corrected chi connectivity index (χ0v) is 15.9. The number of para-hydroxylation sites is 1. The summed E-state index contributed by atoms with van der Waals surface area (Å²) in [5, 5.41) is 12.1. The highest BCUT2D eigenvalue weighted by atomic mass is 35.5. The van der Waals surface area contributed by atoms with Crippen LogP contribution in [0.3, 0.4) is 0 Å². The van der Waals surface area contributed by atoms with Crippen LogP contribution in [0.4, 0.5) is 5.69 Å². The highest BCUT2D eigenvalue weighted by molar-refractivity contribution is 6.33. The molecule has 1 amide bonds. The third kappa shape index (κ3) is 5.50. The third-order valence-corrected chi connectivity index (χ3v) is 3.86. The van der Waals surface area contributed by atoms with Gasteiger partial charge in [-0.3, -0.25) is 4.79 Å². The van der Waals surface area contributed by atoms with Crippen molar-refractivity contribution in [3.8, 4) is 17.6 Å². The summed E-state index contributed by atoms with van der Waals surface area (Å²) < 4.78 is 15.3. The molecule has 0 bridgehead atoms. The number of hydrogen-bond acceptors (Lipinski definition) is 6. The average Bonchev–Trinajstić information content (AvgIpc) is 2.71. The number of carbonyl (C=O) groups is 2. The van der Waals surface area contributed by atoms with Crippen molar-refractivity contribution < 1.29 is 23.8 Å². The molecule has 0 saturated heterocycles. The number of rotatable bonds is 7. The maximum Gasteiger partial charge on any atom is 0.348 e. The van der Waals surface area contributed by atoms with E-state index < -0.39 is 11.9 Å². The molecular weight excluding hydrogens is 384 g/mol. The van der Waals surface area contributed by atoms with Crippen LogP contribution in [0.1, 0.15) is 5.56 Å². The number of amides is 1. The number of ether oxygens (including phenoxy) is 3. The van der Waals surface area contributed by atoms with Crippen molar-refractivity contribution in [3.05, 3.63) is 58.6 Å². The summed E-state index contributed by atoms with van der Waals surface area (Å²) in [5.74, 6) is -0.471. The fourth-order valence-corrected chi connectivity index (χ4v) is 2.38. The van der Waals surface area contributed by atoms with Crippen molar-refractivity contribution in [2.24, 2.45) is 0 Å². The van der Waals surface area contributed by atoms with Crippen LogP contribution in [-0.2, 0) is 14.3 Å². The van der Waals surface area contributed by atoms with E-state index in [4.69, 9.17) is 26.3 Å². The number of methoxy groups -OCH3 is 2. The first-order valence-electron chi connectivity index (χ1n) is 8.03. The van der Waals surface area contributed by atoms with Crippen LogP contribution in [0.25, 0.3) is 6.08 Å². The van der Waals surface area contributed by atoms with Gasteiger partial charge in [0.2, 0.25) is 0 Å². The average molecular weight is 401 g/mol. The lowest BCUT2D eigenvalue weighted by atomic mass is 10.1. The minimum atomic E-state index is -0.738. The van der Waals surface area contributed by atoms with Gasteiger partial charge in [0.25, 0.3) is 5.91 Å². The summed E-state index contributed by atoms with van der Waals surface area (Å²) in [4.78, 5) is 23.6. The van der Waals surface area contributed by atoms with E-state index in [-0.39, 0.29) is 12.2 Å². The maximum atomic E-state index is 12.1. The number of anilines is 1. The van der Waals surface area contributed by atoms with Gasteiger partial charge < -0.3 is 19.5 Å². The van der Waals surface area contributed by atoms with Gasteiger partial charge in [-0.15, -0.1) is 0 Å². The Balaban J connectivity index is 2.09. The molecule has 0 fully saturated rings. The first kappa shape index (κ1) is 20.8. The van der Waals surface area contributed by atoms with E-state index in [9.17, 15) is 9.59 Å². The van der Waals surface area contributed by atoms with Crippen molar-refractivity contribution in [1.29, 1.82) is 5.26 Å². The van der Waals surface area contributed by atoms with Crippen LogP contribution in [0.15, 0.2) is 48.0 Å². The second-order valence-electron chi connectivity index (χ2n) is 5.39. The fraction of sp³-hybridized carbons (Fsp3) is 0.150. The molecule has 0 radical (unpaired) electrons. The van der Waals surface area contributed by atoms with Gasteiger partial charge in [0, 0.05) is 0 Å². The first-order chi connectivity index (χ1) is 13.5. The lowest BCUT2D eigenvalue weighted by Crippen LogP contribution is -2.20. The Labute approximate surface area is 167 Å². The quantitative estimate of drug-likeness (QED) is 0.434. The molecule has 8 heteroatoms. The van der Waals surface area contributed by atoms with Gasteiger partial charge in [-0.1, -0.05) is 29.8 Å². The summed E-state index contributed by atoms with van der Waals surface area (Å²) in [6.07, 6.45) is 1.36. The van der Waals surface area contributed by atoms with Gasteiger partial charge >= 0.3 is 5.97 Å². The molecule has 2 aromatic rings. The Hall–Kier alpha value is -3.50. The van der Waals surface area contributed by atoms with E-state index in [2.05, 4.69) is 10.1 Å². The van der Waals surface area contributed by atoms with E-state index in [1.807, 2.05) is 0 Å². The zero-order chi connectivity index (χ0) is 20.5. The van der Waals surface area contributed by atoms with Crippen LogP contribution in [0.2, 0.25) is 5.02 Å². The molecule has 2 aromatic carbocycles. The van der Waals surface area contributed by atoms with Gasteiger partial charge in [0.1, 0.15) is 11.6 Å². The van der Waals surface area contributed by atoms with Crippen molar-refractivity contribution in [2.45, 2.75) is 0 Å². The second kappa shape index (κ2) is 10.00. The van der Waals surface area contributed by atoms with Crippen molar-refractivity contribution >= 4 is 35.2 Å². The monoisotopic (exact) mass is 400 g/mol. The topological polar surface area (TPSA) is 97.7 Å². The zero-order valence-electron chi connectivity index (χ0n) is 15.2. The molecular formula is C20H17ClN2O5. The lowest BCUT2D eigenvalue weighted by molar-refractivity contribution is -0.135. The number of nitrogens with zero attached hydrogens (tertiary/aromatic N) is 1. The number of hydrogen-bond donors (Lipinski definition) is 1. The number of halogens is 1. The molecule has 28 heavy (non-hydrogen) atoms. The molecule has 1 N–H and O–H groups in total. The molecule has 0 aliphatic carbocycles. The SMILES string of the molecule is COC(=O)/C(C#N)=C/c1ccc(OCC(=O)Nc2ccccc2Cl)c(OC)c1. The molecule has 2 rings (SSSR count). The Morgan fingerprint density at radius 1 is 1.18 bits per heavy atom. The molecule has 0 aromatic heterocycles. The molecule has 0 unspecified atom stereocenters. The molecule has 144 valence electrons. The van der Waals surface area contributed by atoms with Crippen LogP contribution in [0, 0.1) is 11.3 Å². The van der Waals surface area contributed by atoms with Crippen molar-refractivity contribution in [2.75, 3.05) is 26.1 Å². The molecule has 0 spiro atoms. The number of benzene rings is 2. The Morgan fingerprint density at radius 2 is 1.93 bits per heavy atom. The van der Waals surface area contributed by atoms with Crippen LogP contribution < -0.4 is 14.8 Å². The van der Waals surface area contributed by atoms with Gasteiger partial charge in [0.05, 0.1) is 24.9 Å². The van der Waals surface area contributed by atoms with E-state index >= 15 is 0 Å². The van der Waals surface area contributed by atoms with Gasteiger partial charge in [0.15, 0.2) is 18.1 Å². The van der Waals surface area contributed by atoms with Crippen LogP contribution in [0.5, 0.6) is 11.5 Å². The molecule has 0 saturated carbocycles. The smallest absolute Gasteiger partial charge is 0.348 e. The molecule has 0 aliphatic heterocycles. The molecule has 0 heterocycles. The van der Waals surface area contributed by atoms with Gasteiger partial charge in [-0.05, 0) is 35.9 Å². The summed E-state index contributed by atoms with van der Waals surface area (Å²) in [5.41, 5.74) is 0.862. The summed E-state index contributed by atoms with van der Waals surface area (Å²) in [6.45, 7) is -0.262. The summed E-state index contributed by atoms with van der Waals surface area (Å²) in [7, 11) is 2.63. The van der Waals surface area contributed by atoms with E-state index in [1.54, 1.807) is 48.5 Å². The van der Waals surface area contributed by atoms with Crippen molar-refractivity contribution in [3.63, 3.8) is 0 Å². The predicted molar refractivity (Wildman–Crippen MR) is 104 cm³/mol. The Morgan fingerprint density at radius 3 is 2.57 bits per heavy atom. The maximum absolute atomic E-state index is 12.1. The van der Waals surface area contributed by atoms with Gasteiger partial charge in [-0.2, -0.15) is 5.26 Å². The fourth-order valence-electron chi connectivity index (χ4n) is 2.20. The molecule has 7 nitrogen and oxygen atoms in total. The summed E-state index contributed by atoms with van der Waals surface area (Å²) >= 11 is 6.00. The van der Waals surface area contributed by atoms with E-state index in [1.165, 1.54) is 20.3 Å². The van der Waals surface area contributed by atoms with E-state index in [0.29, 0.717) is 27.8 Å². The predicted octanol–water partition coefficient (Wildman–Crippen LogP) is 3.45. The van der Waals surface area contributed by atoms with Gasteiger partial charge in [-0.25, -0.2) is 4.79 Å². The lowest BCUT2D eigenvalue weighted by Gasteiger charge is -2.12. The molecule has 0 aliphatic rings. The molecule has 0 atom stereocenters. The second-order valence-corrected chi connectivity index (χ2v) is 5.80. The first-order valence-corrected chi connectivity index (χ1v) is 8.41. The summed E-state index contributed by atoms with van der Waals surface area (Å²) in [6, 6.07) is 13.4. The Bertz CT molecular complexity index is 950. The minimum Gasteiger partial charge on any atom is -0.493 e. The van der Waals surface area contributed by atoms with E-state index in [0.717, 1.165) is 0 Å². The normalized spacial score (nSPS) is 10.6. The van der Waals surface area contributed by atoms with Crippen LogP contribution >= 0.6 is 11.6 Å². The number of nitrogens with one attached hydrogen (secondary N) is 1.